The predicted molar refractivity (Wildman–Crippen MR) is 107 cm³/mol. The summed E-state index contributed by atoms with van der Waals surface area (Å²) < 4.78 is 1.98. The summed E-state index contributed by atoms with van der Waals surface area (Å²) in [6, 6.07) is 10.3. The molecule has 0 fully saturated rings. The summed E-state index contributed by atoms with van der Waals surface area (Å²) in [7, 11) is 1.76. The van der Waals surface area contributed by atoms with E-state index in [1.54, 1.807) is 13.1 Å². The minimum absolute atomic E-state index is 0. The molecule has 0 unspecified atom stereocenters. The van der Waals surface area contributed by atoms with Crippen LogP contribution < -0.4 is 10.6 Å². The number of nitrogens with zero attached hydrogens (tertiary/aromatic N) is 3. The molecule has 0 saturated carbocycles. The lowest BCUT2D eigenvalue weighted by Crippen LogP contribution is -2.37. The van der Waals surface area contributed by atoms with Gasteiger partial charge in [0.05, 0.1) is 11.4 Å². The van der Waals surface area contributed by atoms with Gasteiger partial charge in [-0.05, 0) is 31.5 Å². The van der Waals surface area contributed by atoms with E-state index in [-0.39, 0.29) is 24.0 Å². The summed E-state index contributed by atoms with van der Waals surface area (Å²) in [5.41, 5.74) is 4.39. The van der Waals surface area contributed by atoms with Crippen molar-refractivity contribution < 1.29 is 0 Å². The topological polar surface area (TPSA) is 54.2 Å². The van der Waals surface area contributed by atoms with Gasteiger partial charge in [-0.25, -0.2) is 4.68 Å². The Morgan fingerprint density at radius 2 is 2.04 bits per heavy atom. The molecule has 0 amide bonds. The van der Waals surface area contributed by atoms with E-state index in [1.807, 2.05) is 23.7 Å². The van der Waals surface area contributed by atoms with Crippen LogP contribution in [0.3, 0.4) is 0 Å². The minimum atomic E-state index is 0. The number of benzene rings is 1. The third-order valence-corrected chi connectivity index (χ3v) is 3.31. The molecule has 1 aromatic heterocycles. The number of guanidine groups is 1. The summed E-state index contributed by atoms with van der Waals surface area (Å²) in [4.78, 5) is 4.19. The predicted octanol–water partition coefficient (Wildman–Crippen LogP) is 2.96. The molecular weight excluding hydrogens is 401 g/mol. The first-order valence-electron chi connectivity index (χ1n) is 7.32. The van der Waals surface area contributed by atoms with Crippen molar-refractivity contribution >= 4 is 29.9 Å². The second-order valence-corrected chi connectivity index (χ2v) is 5.06. The summed E-state index contributed by atoms with van der Waals surface area (Å²) in [6.07, 6.45) is 1.80. The van der Waals surface area contributed by atoms with E-state index < -0.39 is 0 Å². The fourth-order valence-electron chi connectivity index (χ4n) is 2.31. The number of aryl methyl sites for hydroxylation is 2. The van der Waals surface area contributed by atoms with Crippen molar-refractivity contribution in [3.05, 3.63) is 59.9 Å². The van der Waals surface area contributed by atoms with Crippen LogP contribution >= 0.6 is 24.0 Å². The highest BCUT2D eigenvalue weighted by atomic mass is 127. The molecule has 1 aromatic carbocycles. The molecule has 2 aromatic rings. The van der Waals surface area contributed by atoms with Crippen LogP contribution in [0.5, 0.6) is 0 Å². The number of halogens is 1. The SMILES string of the molecule is C=CCNC(=NC)NCc1ccccc1-n1nc(C)cc1C.I. The van der Waals surface area contributed by atoms with E-state index in [0.29, 0.717) is 13.1 Å². The normalized spacial score (nSPS) is 10.8. The summed E-state index contributed by atoms with van der Waals surface area (Å²) >= 11 is 0. The van der Waals surface area contributed by atoms with Gasteiger partial charge in [-0.3, -0.25) is 4.99 Å². The molecule has 0 radical (unpaired) electrons. The second-order valence-electron chi connectivity index (χ2n) is 5.06. The fraction of sp³-hybridized carbons (Fsp3) is 0.294. The number of nitrogens with one attached hydrogen (secondary N) is 2. The first-order chi connectivity index (χ1) is 10.7. The van der Waals surface area contributed by atoms with Crippen molar-refractivity contribution in [2.24, 2.45) is 4.99 Å². The second kappa shape index (κ2) is 9.34. The maximum atomic E-state index is 4.57. The van der Waals surface area contributed by atoms with Crippen LogP contribution in [0.2, 0.25) is 0 Å². The highest BCUT2D eigenvalue weighted by Gasteiger charge is 2.08. The van der Waals surface area contributed by atoms with E-state index in [1.165, 1.54) is 0 Å². The van der Waals surface area contributed by atoms with Gasteiger partial charge in [0.15, 0.2) is 5.96 Å². The molecule has 0 saturated heterocycles. The van der Waals surface area contributed by atoms with Crippen molar-refractivity contribution in [3.8, 4) is 5.69 Å². The van der Waals surface area contributed by atoms with Gasteiger partial charge in [-0.15, -0.1) is 30.6 Å². The zero-order valence-corrected chi connectivity index (χ0v) is 16.2. The standard InChI is InChI=1S/C17H23N5.HI/c1-5-10-19-17(18-4)20-12-15-8-6-7-9-16(15)22-14(3)11-13(2)21-22;/h5-9,11H,1,10,12H2,2-4H3,(H2,18,19,20);1H. The number of para-hydroxylation sites is 1. The van der Waals surface area contributed by atoms with E-state index in [9.17, 15) is 0 Å². The molecule has 6 heteroatoms. The smallest absolute Gasteiger partial charge is 0.191 e. The van der Waals surface area contributed by atoms with Gasteiger partial charge in [0, 0.05) is 25.8 Å². The third kappa shape index (κ3) is 5.09. The van der Waals surface area contributed by atoms with Crippen molar-refractivity contribution in [2.75, 3.05) is 13.6 Å². The van der Waals surface area contributed by atoms with Gasteiger partial charge in [-0.2, -0.15) is 5.10 Å². The molecule has 0 bridgehead atoms. The average Bonchev–Trinajstić information content (AvgIpc) is 2.86. The van der Waals surface area contributed by atoms with E-state index in [4.69, 9.17) is 0 Å². The minimum Gasteiger partial charge on any atom is -0.353 e. The Bertz CT molecular complexity index is 675. The van der Waals surface area contributed by atoms with Crippen LogP contribution in [0, 0.1) is 13.8 Å². The van der Waals surface area contributed by atoms with Crippen LogP contribution in [-0.2, 0) is 6.54 Å². The molecule has 5 nitrogen and oxygen atoms in total. The molecule has 0 aliphatic rings. The molecule has 2 N–H and O–H groups in total. The summed E-state index contributed by atoms with van der Waals surface area (Å²) in [5.74, 6) is 0.753. The van der Waals surface area contributed by atoms with Gasteiger partial charge in [0.25, 0.3) is 0 Å². The van der Waals surface area contributed by atoms with Gasteiger partial charge in [-0.1, -0.05) is 24.3 Å². The number of rotatable bonds is 5. The quantitative estimate of drug-likeness (QED) is 0.335. The number of hydrogen-bond donors (Lipinski definition) is 2. The lowest BCUT2D eigenvalue weighted by atomic mass is 10.1. The van der Waals surface area contributed by atoms with Crippen molar-refractivity contribution in [2.45, 2.75) is 20.4 Å². The van der Waals surface area contributed by atoms with Crippen LogP contribution in [0.1, 0.15) is 17.0 Å². The maximum absolute atomic E-state index is 4.57. The van der Waals surface area contributed by atoms with Crippen LogP contribution in [0.15, 0.2) is 48.0 Å². The van der Waals surface area contributed by atoms with Crippen LogP contribution in [0.4, 0.5) is 0 Å². The van der Waals surface area contributed by atoms with Crippen molar-refractivity contribution in [1.29, 1.82) is 0 Å². The van der Waals surface area contributed by atoms with Crippen LogP contribution in [0.25, 0.3) is 5.69 Å². The Hall–Kier alpha value is -1.83. The molecular formula is C17H24IN5. The van der Waals surface area contributed by atoms with E-state index in [0.717, 1.165) is 28.6 Å². The first-order valence-corrected chi connectivity index (χ1v) is 7.32. The summed E-state index contributed by atoms with van der Waals surface area (Å²) in [5, 5.41) is 11.0. The molecule has 0 spiro atoms. The maximum Gasteiger partial charge on any atom is 0.191 e. The number of hydrogen-bond acceptors (Lipinski definition) is 2. The van der Waals surface area contributed by atoms with Crippen molar-refractivity contribution in [1.82, 2.24) is 20.4 Å². The van der Waals surface area contributed by atoms with Crippen LogP contribution in [-0.4, -0.2) is 29.3 Å². The van der Waals surface area contributed by atoms with Gasteiger partial charge >= 0.3 is 0 Å². The van der Waals surface area contributed by atoms with E-state index >= 15 is 0 Å². The third-order valence-electron chi connectivity index (χ3n) is 3.31. The highest BCUT2D eigenvalue weighted by Crippen LogP contribution is 2.16. The van der Waals surface area contributed by atoms with Gasteiger partial charge < -0.3 is 10.6 Å². The number of aromatic nitrogens is 2. The highest BCUT2D eigenvalue weighted by molar-refractivity contribution is 14.0. The molecule has 0 atom stereocenters. The Balaban J connectivity index is 0.00000264. The Morgan fingerprint density at radius 3 is 2.65 bits per heavy atom. The molecule has 1 heterocycles. The molecule has 2 rings (SSSR count). The molecule has 0 aliphatic carbocycles. The number of aliphatic imine (C=N–C) groups is 1. The monoisotopic (exact) mass is 425 g/mol. The zero-order chi connectivity index (χ0) is 15.9. The Kier molecular flexibility index (Phi) is 7.80. The van der Waals surface area contributed by atoms with Gasteiger partial charge in [0.1, 0.15) is 0 Å². The summed E-state index contributed by atoms with van der Waals surface area (Å²) in [6.45, 7) is 9.12. The fourth-order valence-corrected chi connectivity index (χ4v) is 2.31. The lowest BCUT2D eigenvalue weighted by Gasteiger charge is -2.14. The molecule has 0 aliphatic heterocycles. The zero-order valence-electron chi connectivity index (χ0n) is 13.8. The lowest BCUT2D eigenvalue weighted by molar-refractivity contribution is 0.793. The molecule has 23 heavy (non-hydrogen) atoms. The molecule has 124 valence electrons. The van der Waals surface area contributed by atoms with E-state index in [2.05, 4.69) is 52.4 Å². The Morgan fingerprint density at radius 1 is 1.30 bits per heavy atom. The van der Waals surface area contributed by atoms with Crippen molar-refractivity contribution in [3.63, 3.8) is 0 Å². The Labute approximate surface area is 154 Å². The average molecular weight is 425 g/mol. The van der Waals surface area contributed by atoms with Gasteiger partial charge in [0.2, 0.25) is 0 Å². The largest absolute Gasteiger partial charge is 0.353 e. The first kappa shape index (κ1) is 19.2.